The van der Waals surface area contributed by atoms with Gasteiger partial charge in [0.2, 0.25) is 5.91 Å². The molecule has 0 atom stereocenters. The summed E-state index contributed by atoms with van der Waals surface area (Å²) in [6, 6.07) is 15.9. The van der Waals surface area contributed by atoms with Gasteiger partial charge in [-0.2, -0.15) is 0 Å². The van der Waals surface area contributed by atoms with E-state index >= 15 is 0 Å². The predicted molar refractivity (Wildman–Crippen MR) is 81.0 cm³/mol. The van der Waals surface area contributed by atoms with Gasteiger partial charge in [-0.05, 0) is 23.3 Å². The van der Waals surface area contributed by atoms with E-state index in [4.69, 9.17) is 5.73 Å². The zero-order valence-electron chi connectivity index (χ0n) is 11.8. The number of nitrogens with zero attached hydrogens (tertiary/aromatic N) is 1. The minimum absolute atomic E-state index is 0.0464. The molecule has 0 heterocycles. The van der Waals surface area contributed by atoms with Gasteiger partial charge in [-0.15, -0.1) is 0 Å². The highest BCUT2D eigenvalue weighted by molar-refractivity contribution is 5.78. The summed E-state index contributed by atoms with van der Waals surface area (Å²) in [5.74, 6) is -0.372. The lowest BCUT2D eigenvalue weighted by Crippen LogP contribution is -2.35. The first-order valence-corrected chi connectivity index (χ1v) is 6.95. The molecule has 21 heavy (non-hydrogen) atoms. The van der Waals surface area contributed by atoms with Crippen LogP contribution in [0, 0.1) is 5.82 Å². The normalized spacial score (nSPS) is 10.4. The second kappa shape index (κ2) is 7.55. The van der Waals surface area contributed by atoms with Crippen LogP contribution in [0.5, 0.6) is 0 Å². The molecule has 0 aliphatic carbocycles. The van der Waals surface area contributed by atoms with Crippen molar-refractivity contribution >= 4 is 5.91 Å². The Morgan fingerprint density at radius 1 is 1.05 bits per heavy atom. The van der Waals surface area contributed by atoms with Crippen molar-refractivity contribution in [2.24, 2.45) is 5.73 Å². The summed E-state index contributed by atoms with van der Waals surface area (Å²) >= 11 is 0. The Kier molecular flexibility index (Phi) is 5.46. The highest BCUT2D eigenvalue weighted by atomic mass is 19.1. The SMILES string of the molecule is NCCN(Cc1ccccc1)C(=O)Cc1cccc(F)c1. The lowest BCUT2D eigenvalue weighted by atomic mass is 10.1. The standard InChI is InChI=1S/C17H19FN2O/c18-16-8-4-7-15(11-16)12-17(21)20(10-9-19)13-14-5-2-1-3-6-14/h1-8,11H,9-10,12-13,19H2. The topological polar surface area (TPSA) is 46.3 Å². The van der Waals surface area contributed by atoms with E-state index in [-0.39, 0.29) is 18.1 Å². The van der Waals surface area contributed by atoms with Gasteiger partial charge in [-0.3, -0.25) is 4.79 Å². The van der Waals surface area contributed by atoms with Gasteiger partial charge in [-0.1, -0.05) is 42.5 Å². The molecule has 0 aliphatic rings. The van der Waals surface area contributed by atoms with Gasteiger partial charge in [0.25, 0.3) is 0 Å². The van der Waals surface area contributed by atoms with E-state index in [9.17, 15) is 9.18 Å². The van der Waals surface area contributed by atoms with Crippen molar-refractivity contribution in [2.75, 3.05) is 13.1 Å². The van der Waals surface area contributed by atoms with Gasteiger partial charge in [0.15, 0.2) is 0 Å². The van der Waals surface area contributed by atoms with Crippen LogP contribution in [0.4, 0.5) is 4.39 Å². The number of nitrogens with two attached hydrogens (primary N) is 1. The van der Waals surface area contributed by atoms with Gasteiger partial charge in [0, 0.05) is 19.6 Å². The van der Waals surface area contributed by atoms with Crippen molar-refractivity contribution in [1.29, 1.82) is 0 Å². The van der Waals surface area contributed by atoms with Crippen LogP contribution in [0.1, 0.15) is 11.1 Å². The van der Waals surface area contributed by atoms with Gasteiger partial charge >= 0.3 is 0 Å². The zero-order chi connectivity index (χ0) is 15.1. The Hall–Kier alpha value is -2.20. The molecule has 0 spiro atoms. The third kappa shape index (κ3) is 4.68. The second-order valence-corrected chi connectivity index (χ2v) is 4.90. The average molecular weight is 286 g/mol. The van der Waals surface area contributed by atoms with E-state index in [1.807, 2.05) is 30.3 Å². The summed E-state index contributed by atoms with van der Waals surface area (Å²) in [7, 11) is 0. The lowest BCUT2D eigenvalue weighted by molar-refractivity contribution is -0.131. The fourth-order valence-electron chi connectivity index (χ4n) is 2.18. The molecule has 110 valence electrons. The Bertz CT molecular complexity index is 586. The zero-order valence-corrected chi connectivity index (χ0v) is 11.8. The van der Waals surface area contributed by atoms with Crippen LogP contribution in [0.2, 0.25) is 0 Å². The third-order valence-electron chi connectivity index (χ3n) is 3.21. The van der Waals surface area contributed by atoms with Crippen LogP contribution in [-0.2, 0) is 17.8 Å². The van der Waals surface area contributed by atoms with Crippen LogP contribution in [0.15, 0.2) is 54.6 Å². The Morgan fingerprint density at radius 2 is 1.76 bits per heavy atom. The summed E-state index contributed by atoms with van der Waals surface area (Å²) < 4.78 is 13.2. The lowest BCUT2D eigenvalue weighted by Gasteiger charge is -2.22. The molecule has 0 radical (unpaired) electrons. The van der Waals surface area contributed by atoms with Crippen molar-refractivity contribution in [3.8, 4) is 0 Å². The molecule has 0 fully saturated rings. The molecule has 3 nitrogen and oxygen atoms in total. The van der Waals surface area contributed by atoms with Crippen LogP contribution in [-0.4, -0.2) is 23.9 Å². The smallest absolute Gasteiger partial charge is 0.227 e. The molecule has 4 heteroatoms. The molecule has 2 aromatic rings. The van der Waals surface area contributed by atoms with Gasteiger partial charge in [0.05, 0.1) is 6.42 Å². The quantitative estimate of drug-likeness (QED) is 0.886. The summed E-state index contributed by atoms with van der Waals surface area (Å²) in [6.45, 7) is 1.41. The van der Waals surface area contributed by atoms with Crippen molar-refractivity contribution in [1.82, 2.24) is 4.90 Å². The average Bonchev–Trinajstić information content (AvgIpc) is 2.48. The molecule has 0 bridgehead atoms. The molecule has 0 saturated heterocycles. The summed E-state index contributed by atoms with van der Waals surface area (Å²) in [5.41, 5.74) is 7.31. The first-order chi connectivity index (χ1) is 10.2. The number of halogens is 1. The Morgan fingerprint density at radius 3 is 2.43 bits per heavy atom. The van der Waals surface area contributed by atoms with Crippen LogP contribution >= 0.6 is 0 Å². The monoisotopic (exact) mass is 286 g/mol. The van der Waals surface area contributed by atoms with Crippen molar-refractivity contribution in [3.63, 3.8) is 0 Å². The van der Waals surface area contributed by atoms with Gasteiger partial charge < -0.3 is 10.6 Å². The first-order valence-electron chi connectivity index (χ1n) is 6.95. The third-order valence-corrected chi connectivity index (χ3v) is 3.21. The largest absolute Gasteiger partial charge is 0.337 e. The number of hydrogen-bond donors (Lipinski definition) is 1. The van der Waals surface area contributed by atoms with Gasteiger partial charge in [-0.25, -0.2) is 4.39 Å². The van der Waals surface area contributed by atoms with E-state index in [0.29, 0.717) is 25.2 Å². The Labute approximate surface area is 124 Å². The molecular formula is C17H19FN2O. The molecule has 2 rings (SSSR count). The summed E-state index contributed by atoms with van der Waals surface area (Å²) in [5, 5.41) is 0. The highest BCUT2D eigenvalue weighted by Crippen LogP contribution is 2.09. The van der Waals surface area contributed by atoms with E-state index < -0.39 is 0 Å². The van der Waals surface area contributed by atoms with Gasteiger partial charge in [0.1, 0.15) is 5.82 Å². The van der Waals surface area contributed by atoms with Crippen LogP contribution in [0.3, 0.4) is 0 Å². The second-order valence-electron chi connectivity index (χ2n) is 4.90. The number of benzene rings is 2. The molecule has 0 aromatic heterocycles. The summed E-state index contributed by atoms with van der Waals surface area (Å²) in [6.07, 6.45) is 0.185. The molecule has 0 saturated carbocycles. The molecule has 1 amide bonds. The molecule has 2 aromatic carbocycles. The van der Waals surface area contributed by atoms with Crippen LogP contribution in [0.25, 0.3) is 0 Å². The highest BCUT2D eigenvalue weighted by Gasteiger charge is 2.14. The number of carbonyl (C=O) groups excluding carboxylic acids is 1. The fourth-order valence-corrected chi connectivity index (χ4v) is 2.18. The molecule has 0 aliphatic heterocycles. The first kappa shape index (κ1) is 15.2. The predicted octanol–water partition coefficient (Wildman–Crippen LogP) is 2.36. The fraction of sp³-hybridized carbons (Fsp3) is 0.235. The number of carbonyl (C=O) groups is 1. The molecule has 0 unspecified atom stereocenters. The van der Waals surface area contributed by atoms with E-state index in [1.54, 1.807) is 17.0 Å². The maximum atomic E-state index is 13.2. The van der Waals surface area contributed by atoms with Crippen LogP contribution < -0.4 is 5.73 Å². The molecule has 2 N–H and O–H groups in total. The number of amides is 1. The molecular weight excluding hydrogens is 267 g/mol. The van der Waals surface area contributed by atoms with E-state index in [2.05, 4.69) is 0 Å². The van der Waals surface area contributed by atoms with E-state index in [0.717, 1.165) is 5.56 Å². The van der Waals surface area contributed by atoms with E-state index in [1.165, 1.54) is 12.1 Å². The maximum Gasteiger partial charge on any atom is 0.227 e. The number of rotatable bonds is 6. The summed E-state index contributed by atoms with van der Waals surface area (Å²) in [4.78, 5) is 14.1. The maximum absolute atomic E-state index is 13.2. The number of hydrogen-bond acceptors (Lipinski definition) is 2. The van der Waals surface area contributed by atoms with Crippen molar-refractivity contribution in [3.05, 3.63) is 71.5 Å². The Balaban J connectivity index is 2.05. The van der Waals surface area contributed by atoms with Crippen molar-refractivity contribution in [2.45, 2.75) is 13.0 Å². The minimum Gasteiger partial charge on any atom is -0.337 e. The van der Waals surface area contributed by atoms with Crippen molar-refractivity contribution < 1.29 is 9.18 Å². The minimum atomic E-state index is -0.325.